The second-order valence-electron chi connectivity index (χ2n) is 6.41. The topological polar surface area (TPSA) is 16.1 Å². The lowest BCUT2D eigenvalue weighted by atomic mass is 10.0. The highest BCUT2D eigenvalue weighted by Crippen LogP contribution is 2.40. The van der Waals surface area contributed by atoms with Crippen molar-refractivity contribution in [2.75, 3.05) is 4.90 Å². The first-order valence-corrected chi connectivity index (χ1v) is 7.94. The molecule has 3 rings (SSSR count). The monoisotopic (exact) mass is 366 g/mol. The minimum Gasteiger partial charge on any atom is -0.360 e. The molecule has 2 aromatic rings. The van der Waals surface area contributed by atoms with Crippen LogP contribution in [0.1, 0.15) is 30.7 Å². The summed E-state index contributed by atoms with van der Waals surface area (Å²) in [5.41, 5.74) is 3.58. The Bertz CT molecular complexity index is 723. The molecule has 0 saturated heterocycles. The Morgan fingerprint density at radius 3 is 2.45 bits per heavy atom. The molecule has 0 aliphatic carbocycles. The van der Waals surface area contributed by atoms with Crippen LogP contribution in [-0.2, 0) is 13.0 Å². The molecule has 0 spiro atoms. The molecular weight excluding hydrogens is 350 g/mol. The third kappa shape index (κ3) is 2.74. The first-order valence-electron chi connectivity index (χ1n) is 7.15. The van der Waals surface area contributed by atoms with E-state index in [1.54, 1.807) is 0 Å². The van der Waals surface area contributed by atoms with Gasteiger partial charge in [0.1, 0.15) is 16.2 Å². The summed E-state index contributed by atoms with van der Waals surface area (Å²) in [4.78, 5) is 6.77. The van der Waals surface area contributed by atoms with E-state index in [0.717, 1.165) is 34.0 Å². The van der Waals surface area contributed by atoms with Gasteiger partial charge in [-0.2, -0.15) is 0 Å². The van der Waals surface area contributed by atoms with Crippen LogP contribution in [0, 0.1) is 18.6 Å². The molecule has 0 atom stereocenters. The summed E-state index contributed by atoms with van der Waals surface area (Å²) in [6, 6.07) is 5.75. The fraction of sp³-hybridized carbons (Fsp3) is 0.353. The maximum Gasteiger partial charge on any atom is 0.126 e. The number of hydrogen-bond donors (Lipinski definition) is 0. The van der Waals surface area contributed by atoms with Crippen LogP contribution in [-0.4, -0.2) is 10.5 Å². The van der Waals surface area contributed by atoms with Crippen LogP contribution >= 0.6 is 15.9 Å². The molecule has 0 unspecified atom stereocenters. The van der Waals surface area contributed by atoms with Gasteiger partial charge in [0.15, 0.2) is 0 Å². The summed E-state index contributed by atoms with van der Waals surface area (Å²) in [5.74, 6) is -1.09. The van der Waals surface area contributed by atoms with Crippen LogP contribution in [0.5, 0.6) is 0 Å². The highest BCUT2D eigenvalue weighted by molar-refractivity contribution is 9.10. The predicted molar refractivity (Wildman–Crippen MR) is 87.0 cm³/mol. The molecule has 0 amide bonds. The molecule has 0 saturated carbocycles. The summed E-state index contributed by atoms with van der Waals surface area (Å²) in [6.45, 7) is 6.68. The molecule has 5 heteroatoms. The van der Waals surface area contributed by atoms with E-state index >= 15 is 0 Å². The van der Waals surface area contributed by atoms with Gasteiger partial charge in [0.2, 0.25) is 0 Å². The zero-order chi connectivity index (χ0) is 16.1. The molecule has 0 radical (unpaired) electrons. The predicted octanol–water partition coefficient (Wildman–Crippen LogP) is 4.77. The molecule has 116 valence electrons. The number of aromatic nitrogens is 1. The largest absolute Gasteiger partial charge is 0.360 e. The van der Waals surface area contributed by atoms with Crippen molar-refractivity contribution < 1.29 is 8.78 Å². The summed E-state index contributed by atoms with van der Waals surface area (Å²) in [7, 11) is 0. The number of hydrogen-bond acceptors (Lipinski definition) is 2. The van der Waals surface area contributed by atoms with Crippen LogP contribution in [0.15, 0.2) is 28.9 Å². The summed E-state index contributed by atoms with van der Waals surface area (Å²) in [6.07, 6.45) is 0.805. The van der Waals surface area contributed by atoms with Crippen LogP contribution in [0.3, 0.4) is 0 Å². The van der Waals surface area contributed by atoms with Crippen molar-refractivity contribution in [2.24, 2.45) is 0 Å². The lowest BCUT2D eigenvalue weighted by Crippen LogP contribution is -2.40. The van der Waals surface area contributed by atoms with Crippen molar-refractivity contribution >= 4 is 21.6 Å². The number of aryl methyl sites for hydroxylation is 1. The van der Waals surface area contributed by atoms with Crippen molar-refractivity contribution in [1.29, 1.82) is 0 Å². The lowest BCUT2D eigenvalue weighted by Gasteiger charge is -2.34. The van der Waals surface area contributed by atoms with Crippen LogP contribution < -0.4 is 4.90 Å². The Balaban J connectivity index is 2.01. The Labute approximate surface area is 137 Å². The lowest BCUT2D eigenvalue weighted by molar-refractivity contribution is 0.480. The molecule has 1 aliphatic rings. The Morgan fingerprint density at radius 2 is 1.82 bits per heavy atom. The molecule has 2 nitrogen and oxygen atoms in total. The second kappa shape index (κ2) is 5.30. The van der Waals surface area contributed by atoms with Gasteiger partial charge in [-0.1, -0.05) is 0 Å². The van der Waals surface area contributed by atoms with Gasteiger partial charge in [0.05, 0.1) is 11.4 Å². The number of rotatable bonds is 2. The smallest absolute Gasteiger partial charge is 0.126 e. The molecular formula is C17H17BrF2N2. The van der Waals surface area contributed by atoms with E-state index in [1.165, 1.54) is 12.1 Å². The number of fused-ring (bicyclic) bond motifs is 1. The molecule has 22 heavy (non-hydrogen) atoms. The van der Waals surface area contributed by atoms with Crippen molar-refractivity contribution in [3.63, 3.8) is 0 Å². The summed E-state index contributed by atoms with van der Waals surface area (Å²) < 4.78 is 27.7. The summed E-state index contributed by atoms with van der Waals surface area (Å²) >= 11 is 3.46. The van der Waals surface area contributed by atoms with Gasteiger partial charge in [0, 0.05) is 24.6 Å². The second-order valence-corrected chi connectivity index (χ2v) is 7.17. The van der Waals surface area contributed by atoms with Crippen LogP contribution in [0.4, 0.5) is 14.5 Å². The summed E-state index contributed by atoms with van der Waals surface area (Å²) in [5, 5.41) is 0. The van der Waals surface area contributed by atoms with Gasteiger partial charge in [-0.25, -0.2) is 13.8 Å². The van der Waals surface area contributed by atoms with Gasteiger partial charge < -0.3 is 4.90 Å². The Hall–Kier alpha value is -1.49. The first kappa shape index (κ1) is 15.4. The molecule has 1 aromatic heterocycles. The van der Waals surface area contributed by atoms with Crippen LogP contribution in [0.2, 0.25) is 0 Å². The molecule has 0 fully saturated rings. The highest BCUT2D eigenvalue weighted by atomic mass is 79.9. The first-order chi connectivity index (χ1) is 10.3. The van der Waals surface area contributed by atoms with E-state index in [9.17, 15) is 8.78 Å². The fourth-order valence-electron chi connectivity index (χ4n) is 2.99. The normalized spacial score (nSPS) is 16.0. The van der Waals surface area contributed by atoms with E-state index in [-0.39, 0.29) is 5.54 Å². The number of nitrogens with zero attached hydrogens (tertiary/aromatic N) is 2. The Kier molecular flexibility index (Phi) is 3.71. The average molecular weight is 367 g/mol. The maximum atomic E-state index is 13.4. The SMILES string of the molecule is Cc1cc2c(nc1Br)CC(C)(C)N2Cc1cc(F)cc(F)c1. The number of pyridine rings is 1. The minimum absolute atomic E-state index is 0.147. The van der Waals surface area contributed by atoms with E-state index in [1.807, 2.05) is 6.92 Å². The van der Waals surface area contributed by atoms with Gasteiger partial charge in [0.25, 0.3) is 0 Å². The minimum atomic E-state index is -0.544. The molecule has 0 N–H and O–H groups in total. The highest BCUT2D eigenvalue weighted by Gasteiger charge is 2.37. The third-order valence-electron chi connectivity index (χ3n) is 4.09. The van der Waals surface area contributed by atoms with Gasteiger partial charge in [-0.05, 0) is 66.0 Å². The molecule has 0 bridgehead atoms. The van der Waals surface area contributed by atoms with Crippen molar-refractivity contribution in [2.45, 2.75) is 39.3 Å². The van der Waals surface area contributed by atoms with E-state index < -0.39 is 11.6 Å². The number of halogens is 3. The molecule has 2 heterocycles. The zero-order valence-corrected chi connectivity index (χ0v) is 14.3. The van der Waals surface area contributed by atoms with E-state index in [2.05, 4.69) is 45.7 Å². The zero-order valence-electron chi connectivity index (χ0n) is 12.8. The standard InChI is InChI=1S/C17H17BrF2N2/c1-10-4-15-14(21-16(10)18)8-17(2,3)22(15)9-11-5-12(19)7-13(20)6-11/h4-7H,8-9H2,1-3H3. The van der Waals surface area contributed by atoms with Crippen LogP contribution in [0.25, 0.3) is 0 Å². The quantitative estimate of drug-likeness (QED) is 0.711. The van der Waals surface area contributed by atoms with Gasteiger partial charge in [-0.3, -0.25) is 0 Å². The Morgan fingerprint density at radius 1 is 1.18 bits per heavy atom. The van der Waals surface area contributed by atoms with Crippen molar-refractivity contribution in [3.05, 3.63) is 57.3 Å². The third-order valence-corrected chi connectivity index (χ3v) is 4.89. The average Bonchev–Trinajstić information content (AvgIpc) is 2.60. The van der Waals surface area contributed by atoms with Gasteiger partial charge in [-0.15, -0.1) is 0 Å². The maximum absolute atomic E-state index is 13.4. The van der Waals surface area contributed by atoms with Crippen molar-refractivity contribution in [1.82, 2.24) is 4.98 Å². The fourth-order valence-corrected chi connectivity index (χ4v) is 3.32. The van der Waals surface area contributed by atoms with Gasteiger partial charge >= 0.3 is 0 Å². The molecule has 1 aromatic carbocycles. The van der Waals surface area contributed by atoms with E-state index in [4.69, 9.17) is 0 Å². The van der Waals surface area contributed by atoms with E-state index in [0.29, 0.717) is 12.1 Å². The number of benzene rings is 1. The number of anilines is 1. The van der Waals surface area contributed by atoms with Crippen molar-refractivity contribution in [3.8, 4) is 0 Å². The molecule has 1 aliphatic heterocycles.